The van der Waals surface area contributed by atoms with E-state index in [2.05, 4.69) is 9.36 Å². The monoisotopic (exact) mass is 249 g/mol. The van der Waals surface area contributed by atoms with Gasteiger partial charge in [0.05, 0.1) is 13.1 Å². The smallest absolute Gasteiger partial charge is 0.205 e. The third kappa shape index (κ3) is 1.80. The molecular formula is C12H12FN3S. The Labute approximate surface area is 103 Å². The molecule has 1 aromatic carbocycles. The fraction of sp³-hybridized carbons (Fsp3) is 0.333. The van der Waals surface area contributed by atoms with Crippen LogP contribution in [0.5, 0.6) is 0 Å². The first-order chi connectivity index (χ1) is 8.17. The minimum atomic E-state index is -1.24. The molecule has 17 heavy (non-hydrogen) atoms. The quantitative estimate of drug-likeness (QED) is 0.819. The SMILES string of the molecule is Cc1ccc(C2(F)CN(c3ncns3)C2)cc1. The summed E-state index contributed by atoms with van der Waals surface area (Å²) in [4.78, 5) is 5.99. The van der Waals surface area contributed by atoms with E-state index in [0.29, 0.717) is 13.1 Å². The Kier molecular flexibility index (Phi) is 2.36. The van der Waals surface area contributed by atoms with Crippen molar-refractivity contribution in [2.75, 3.05) is 18.0 Å². The van der Waals surface area contributed by atoms with Gasteiger partial charge in [0.1, 0.15) is 6.33 Å². The van der Waals surface area contributed by atoms with Gasteiger partial charge in [-0.1, -0.05) is 29.8 Å². The molecule has 3 nitrogen and oxygen atoms in total. The van der Waals surface area contributed by atoms with Crippen LogP contribution >= 0.6 is 11.5 Å². The van der Waals surface area contributed by atoms with Gasteiger partial charge in [-0.15, -0.1) is 0 Å². The molecule has 0 saturated carbocycles. The van der Waals surface area contributed by atoms with Gasteiger partial charge in [0, 0.05) is 11.5 Å². The number of nitrogens with zero attached hydrogens (tertiary/aromatic N) is 3. The molecule has 0 aliphatic carbocycles. The van der Waals surface area contributed by atoms with Crippen LogP contribution < -0.4 is 4.90 Å². The zero-order valence-electron chi connectivity index (χ0n) is 9.43. The standard InChI is InChI=1S/C12H12FN3S/c1-9-2-4-10(5-3-9)12(13)6-16(7-12)11-14-8-15-17-11/h2-5,8H,6-7H2,1H3. The van der Waals surface area contributed by atoms with Crippen molar-refractivity contribution in [1.29, 1.82) is 0 Å². The zero-order valence-corrected chi connectivity index (χ0v) is 10.2. The summed E-state index contributed by atoms with van der Waals surface area (Å²) in [6.07, 6.45) is 1.50. The minimum absolute atomic E-state index is 0.366. The molecule has 1 aliphatic rings. The van der Waals surface area contributed by atoms with E-state index in [-0.39, 0.29) is 0 Å². The van der Waals surface area contributed by atoms with Crippen LogP contribution in [0.15, 0.2) is 30.6 Å². The molecule has 2 heterocycles. The fourth-order valence-corrected chi connectivity index (χ4v) is 2.56. The van der Waals surface area contributed by atoms with Crippen LogP contribution in [0.25, 0.3) is 0 Å². The lowest BCUT2D eigenvalue weighted by Gasteiger charge is -2.44. The Morgan fingerprint density at radius 3 is 2.59 bits per heavy atom. The summed E-state index contributed by atoms with van der Waals surface area (Å²) >= 11 is 1.30. The van der Waals surface area contributed by atoms with Gasteiger partial charge >= 0.3 is 0 Å². The summed E-state index contributed by atoms with van der Waals surface area (Å²) in [5.74, 6) is 0. The Hall–Kier alpha value is -1.49. The Morgan fingerprint density at radius 2 is 2.00 bits per heavy atom. The number of rotatable bonds is 2. The second-order valence-electron chi connectivity index (χ2n) is 4.41. The predicted octanol–water partition coefficient (Wildman–Crippen LogP) is 2.53. The third-order valence-electron chi connectivity index (χ3n) is 3.07. The molecule has 88 valence electrons. The first kappa shape index (κ1) is 10.7. The Morgan fingerprint density at radius 1 is 1.29 bits per heavy atom. The van der Waals surface area contributed by atoms with E-state index < -0.39 is 5.67 Å². The van der Waals surface area contributed by atoms with E-state index in [9.17, 15) is 4.39 Å². The first-order valence-corrected chi connectivity index (χ1v) is 6.22. The summed E-state index contributed by atoms with van der Waals surface area (Å²) in [7, 11) is 0. The van der Waals surface area contributed by atoms with Crippen molar-refractivity contribution in [2.24, 2.45) is 0 Å². The molecule has 1 aromatic heterocycles. The van der Waals surface area contributed by atoms with E-state index >= 15 is 0 Å². The highest BCUT2D eigenvalue weighted by Gasteiger charge is 2.46. The van der Waals surface area contributed by atoms with Crippen molar-refractivity contribution >= 4 is 16.7 Å². The molecule has 0 spiro atoms. The predicted molar refractivity (Wildman–Crippen MR) is 66.1 cm³/mol. The van der Waals surface area contributed by atoms with Gasteiger partial charge in [0.2, 0.25) is 5.13 Å². The molecule has 0 N–H and O–H groups in total. The Bertz CT molecular complexity index is 503. The highest BCUT2D eigenvalue weighted by Crippen LogP contribution is 2.39. The van der Waals surface area contributed by atoms with Crippen LogP contribution in [0.2, 0.25) is 0 Å². The number of anilines is 1. The van der Waals surface area contributed by atoms with Crippen LogP contribution in [-0.2, 0) is 5.67 Å². The molecule has 1 saturated heterocycles. The van der Waals surface area contributed by atoms with Gasteiger partial charge < -0.3 is 4.90 Å². The topological polar surface area (TPSA) is 29.0 Å². The molecule has 1 fully saturated rings. The highest BCUT2D eigenvalue weighted by molar-refractivity contribution is 7.09. The number of hydrogen-bond donors (Lipinski definition) is 0. The van der Waals surface area contributed by atoms with E-state index in [1.54, 1.807) is 0 Å². The van der Waals surface area contributed by atoms with Crippen LogP contribution in [0.3, 0.4) is 0 Å². The van der Waals surface area contributed by atoms with Crippen molar-refractivity contribution in [3.63, 3.8) is 0 Å². The van der Waals surface area contributed by atoms with Gasteiger partial charge in [-0.25, -0.2) is 9.37 Å². The maximum Gasteiger partial charge on any atom is 0.205 e. The van der Waals surface area contributed by atoms with Crippen LogP contribution in [0, 0.1) is 6.92 Å². The zero-order chi connectivity index (χ0) is 11.9. The van der Waals surface area contributed by atoms with E-state index in [0.717, 1.165) is 16.3 Å². The molecule has 2 aromatic rings. The molecular weight excluding hydrogens is 237 g/mol. The lowest BCUT2D eigenvalue weighted by atomic mass is 9.88. The van der Waals surface area contributed by atoms with Gasteiger partial charge in [-0.2, -0.15) is 4.37 Å². The lowest BCUT2D eigenvalue weighted by molar-refractivity contribution is 0.120. The van der Waals surface area contributed by atoms with Gasteiger partial charge in [0.25, 0.3) is 0 Å². The highest BCUT2D eigenvalue weighted by atomic mass is 32.1. The number of alkyl halides is 1. The van der Waals surface area contributed by atoms with Crippen LogP contribution in [-0.4, -0.2) is 22.4 Å². The number of hydrogen-bond acceptors (Lipinski definition) is 4. The second-order valence-corrected chi connectivity index (χ2v) is 5.17. The van der Waals surface area contributed by atoms with Crippen molar-refractivity contribution in [3.8, 4) is 0 Å². The minimum Gasteiger partial charge on any atom is -0.340 e. The summed E-state index contributed by atoms with van der Waals surface area (Å²) in [6.45, 7) is 2.74. The second kappa shape index (κ2) is 3.77. The molecule has 0 atom stereocenters. The van der Waals surface area contributed by atoms with E-state index in [1.165, 1.54) is 17.9 Å². The number of aromatic nitrogens is 2. The largest absolute Gasteiger partial charge is 0.340 e. The molecule has 0 unspecified atom stereocenters. The summed E-state index contributed by atoms with van der Waals surface area (Å²) in [5.41, 5.74) is 0.667. The average Bonchev–Trinajstić information content (AvgIpc) is 2.79. The van der Waals surface area contributed by atoms with Crippen molar-refractivity contribution in [3.05, 3.63) is 41.7 Å². The first-order valence-electron chi connectivity index (χ1n) is 5.45. The molecule has 3 rings (SSSR count). The third-order valence-corrected chi connectivity index (χ3v) is 3.80. The maximum atomic E-state index is 14.5. The van der Waals surface area contributed by atoms with Crippen molar-refractivity contribution < 1.29 is 4.39 Å². The van der Waals surface area contributed by atoms with Gasteiger partial charge in [-0.05, 0) is 12.5 Å². The number of aryl methyl sites for hydroxylation is 1. The van der Waals surface area contributed by atoms with E-state index in [1.807, 2.05) is 36.1 Å². The molecule has 1 aliphatic heterocycles. The normalized spacial score (nSPS) is 17.9. The molecule has 0 amide bonds. The number of halogens is 1. The van der Waals surface area contributed by atoms with Crippen molar-refractivity contribution in [1.82, 2.24) is 9.36 Å². The summed E-state index contributed by atoms with van der Waals surface area (Å²) in [6, 6.07) is 7.63. The van der Waals surface area contributed by atoms with Crippen molar-refractivity contribution in [2.45, 2.75) is 12.6 Å². The van der Waals surface area contributed by atoms with Gasteiger partial charge in [0.15, 0.2) is 5.67 Å². The fourth-order valence-electron chi connectivity index (χ4n) is 2.04. The summed E-state index contributed by atoms with van der Waals surface area (Å²) in [5, 5.41) is 0.797. The lowest BCUT2D eigenvalue weighted by Crippen LogP contribution is -2.56. The molecule has 0 bridgehead atoms. The van der Waals surface area contributed by atoms with E-state index in [4.69, 9.17) is 0 Å². The Balaban J connectivity index is 1.76. The van der Waals surface area contributed by atoms with Gasteiger partial charge in [-0.3, -0.25) is 0 Å². The molecule has 5 heteroatoms. The molecule has 0 radical (unpaired) electrons. The van der Waals surface area contributed by atoms with Crippen LogP contribution in [0.1, 0.15) is 11.1 Å². The summed E-state index contributed by atoms with van der Waals surface area (Å²) < 4.78 is 18.5. The van der Waals surface area contributed by atoms with Crippen LogP contribution in [0.4, 0.5) is 9.52 Å². The number of benzene rings is 1. The maximum absolute atomic E-state index is 14.5. The average molecular weight is 249 g/mol.